The summed E-state index contributed by atoms with van der Waals surface area (Å²) >= 11 is 0. The van der Waals surface area contributed by atoms with E-state index >= 15 is 0 Å². The van der Waals surface area contributed by atoms with Crippen molar-refractivity contribution in [3.05, 3.63) is 54.4 Å². The highest BCUT2D eigenvalue weighted by Crippen LogP contribution is 2.23. The average Bonchev–Trinajstić information content (AvgIpc) is 2.97. The molecule has 0 fully saturated rings. The molecule has 4 nitrogen and oxygen atoms in total. The number of hydrogen-bond donors (Lipinski definition) is 0. The van der Waals surface area contributed by atoms with E-state index < -0.39 is 0 Å². The molecule has 0 amide bonds. The largest absolute Gasteiger partial charge is 0.423 e. The molecule has 0 saturated carbocycles. The van der Waals surface area contributed by atoms with Gasteiger partial charge in [0.2, 0.25) is 0 Å². The van der Waals surface area contributed by atoms with Crippen LogP contribution in [-0.4, -0.2) is 14.5 Å². The van der Waals surface area contributed by atoms with Crippen LogP contribution in [0.3, 0.4) is 0 Å². The van der Waals surface area contributed by atoms with Crippen molar-refractivity contribution in [1.29, 1.82) is 0 Å². The van der Waals surface area contributed by atoms with Gasteiger partial charge in [-0.05, 0) is 31.2 Å². The molecule has 2 aromatic heterocycles. The van der Waals surface area contributed by atoms with Crippen molar-refractivity contribution in [1.82, 2.24) is 14.5 Å². The Morgan fingerprint density at radius 2 is 1.63 bits per heavy atom. The van der Waals surface area contributed by atoms with Crippen molar-refractivity contribution in [2.75, 3.05) is 0 Å². The van der Waals surface area contributed by atoms with Gasteiger partial charge in [-0.2, -0.15) is 4.98 Å². The van der Waals surface area contributed by atoms with Gasteiger partial charge >= 0.3 is 6.01 Å². The number of aromatic nitrogens is 3. The molecular formula is C15H11N3O. The van der Waals surface area contributed by atoms with Gasteiger partial charge in [0.25, 0.3) is 0 Å². The molecule has 0 bridgehead atoms. The summed E-state index contributed by atoms with van der Waals surface area (Å²) in [5.41, 5.74) is 3.60. The van der Waals surface area contributed by atoms with Gasteiger partial charge in [0.15, 0.2) is 5.58 Å². The molecule has 4 rings (SSSR count). The standard InChI is InChI=1S/C15H11N3O/c1-10-16-11-6-2-4-8-13(11)18(10)15-17-12-7-3-5-9-14(12)19-15/h2-9H,1H3. The third kappa shape index (κ3) is 1.46. The summed E-state index contributed by atoms with van der Waals surface area (Å²) in [6.07, 6.45) is 0. The van der Waals surface area contributed by atoms with E-state index in [0.717, 1.165) is 28.0 Å². The zero-order chi connectivity index (χ0) is 12.8. The Morgan fingerprint density at radius 1 is 0.895 bits per heavy atom. The molecule has 2 heterocycles. The van der Waals surface area contributed by atoms with E-state index in [1.54, 1.807) is 0 Å². The van der Waals surface area contributed by atoms with Crippen LogP contribution in [-0.2, 0) is 0 Å². The molecule has 4 aromatic rings. The van der Waals surface area contributed by atoms with Crippen LogP contribution in [0.2, 0.25) is 0 Å². The van der Waals surface area contributed by atoms with Crippen LogP contribution in [0.5, 0.6) is 0 Å². The van der Waals surface area contributed by atoms with Crippen LogP contribution in [0.1, 0.15) is 5.82 Å². The van der Waals surface area contributed by atoms with Gasteiger partial charge in [0, 0.05) is 0 Å². The highest BCUT2D eigenvalue weighted by Gasteiger charge is 2.13. The van der Waals surface area contributed by atoms with Gasteiger partial charge in [-0.25, -0.2) is 9.55 Å². The van der Waals surface area contributed by atoms with Crippen molar-refractivity contribution in [2.24, 2.45) is 0 Å². The van der Waals surface area contributed by atoms with E-state index in [1.165, 1.54) is 0 Å². The maximum absolute atomic E-state index is 5.81. The summed E-state index contributed by atoms with van der Waals surface area (Å²) in [5, 5.41) is 0. The van der Waals surface area contributed by atoms with Crippen molar-refractivity contribution in [3.8, 4) is 6.01 Å². The summed E-state index contributed by atoms with van der Waals surface area (Å²) in [6.45, 7) is 1.95. The minimum Gasteiger partial charge on any atom is -0.423 e. The zero-order valence-corrected chi connectivity index (χ0v) is 10.4. The quantitative estimate of drug-likeness (QED) is 0.518. The SMILES string of the molecule is Cc1nc2ccccc2n1-c1nc2ccccc2o1. The molecule has 0 unspecified atom stereocenters. The lowest BCUT2D eigenvalue weighted by molar-refractivity contribution is 0.564. The van der Waals surface area contributed by atoms with Crippen molar-refractivity contribution in [3.63, 3.8) is 0 Å². The number of rotatable bonds is 1. The molecule has 4 heteroatoms. The highest BCUT2D eigenvalue weighted by molar-refractivity contribution is 5.79. The number of para-hydroxylation sites is 4. The normalized spacial score (nSPS) is 11.4. The predicted molar refractivity (Wildman–Crippen MR) is 73.4 cm³/mol. The van der Waals surface area contributed by atoms with Crippen molar-refractivity contribution < 1.29 is 4.42 Å². The summed E-state index contributed by atoms with van der Waals surface area (Å²) in [5.74, 6) is 0.868. The Morgan fingerprint density at radius 3 is 2.47 bits per heavy atom. The number of imidazole rings is 1. The molecule has 19 heavy (non-hydrogen) atoms. The molecular weight excluding hydrogens is 238 g/mol. The molecule has 0 saturated heterocycles. The Balaban J connectivity index is 2.06. The fourth-order valence-corrected chi connectivity index (χ4v) is 2.34. The molecule has 0 N–H and O–H groups in total. The fraction of sp³-hybridized carbons (Fsp3) is 0.0667. The highest BCUT2D eigenvalue weighted by atomic mass is 16.4. The lowest BCUT2D eigenvalue weighted by Crippen LogP contribution is -1.96. The van der Waals surface area contributed by atoms with Crippen LogP contribution < -0.4 is 0 Å². The Hall–Kier alpha value is -2.62. The van der Waals surface area contributed by atoms with E-state index in [0.29, 0.717) is 6.01 Å². The number of aryl methyl sites for hydroxylation is 1. The third-order valence-corrected chi connectivity index (χ3v) is 3.20. The predicted octanol–water partition coefficient (Wildman–Crippen LogP) is 3.48. The van der Waals surface area contributed by atoms with Crippen LogP contribution >= 0.6 is 0 Å². The van der Waals surface area contributed by atoms with E-state index in [4.69, 9.17) is 4.42 Å². The Bertz CT molecular complexity index is 856. The van der Waals surface area contributed by atoms with Gasteiger partial charge in [-0.3, -0.25) is 0 Å². The Kier molecular flexibility index (Phi) is 2.00. The van der Waals surface area contributed by atoms with E-state index in [9.17, 15) is 0 Å². The van der Waals surface area contributed by atoms with Gasteiger partial charge in [-0.15, -0.1) is 0 Å². The maximum Gasteiger partial charge on any atom is 0.308 e. The summed E-state index contributed by atoms with van der Waals surface area (Å²) in [6, 6.07) is 16.3. The second kappa shape index (κ2) is 3.68. The molecule has 0 aliphatic heterocycles. The first-order chi connectivity index (χ1) is 9.33. The third-order valence-electron chi connectivity index (χ3n) is 3.20. The van der Waals surface area contributed by atoms with Gasteiger partial charge in [0.1, 0.15) is 11.3 Å². The maximum atomic E-state index is 5.81. The van der Waals surface area contributed by atoms with Gasteiger partial charge in [0.05, 0.1) is 11.0 Å². The fourth-order valence-electron chi connectivity index (χ4n) is 2.34. The number of nitrogens with zero attached hydrogens (tertiary/aromatic N) is 3. The second-order valence-electron chi connectivity index (χ2n) is 4.45. The van der Waals surface area contributed by atoms with E-state index in [1.807, 2.05) is 60.0 Å². The number of hydrogen-bond acceptors (Lipinski definition) is 3. The molecule has 0 aliphatic rings. The van der Waals surface area contributed by atoms with Gasteiger partial charge in [-0.1, -0.05) is 24.3 Å². The van der Waals surface area contributed by atoms with Crippen LogP contribution in [0.25, 0.3) is 28.1 Å². The first kappa shape index (κ1) is 10.3. The molecule has 0 atom stereocenters. The van der Waals surface area contributed by atoms with Crippen molar-refractivity contribution in [2.45, 2.75) is 6.92 Å². The summed E-state index contributed by atoms with van der Waals surface area (Å²) < 4.78 is 7.75. The monoisotopic (exact) mass is 249 g/mol. The molecule has 0 radical (unpaired) electrons. The zero-order valence-electron chi connectivity index (χ0n) is 10.4. The number of fused-ring (bicyclic) bond motifs is 2. The molecule has 0 spiro atoms. The van der Waals surface area contributed by atoms with Crippen molar-refractivity contribution >= 4 is 22.1 Å². The van der Waals surface area contributed by atoms with Crippen LogP contribution in [0.4, 0.5) is 0 Å². The molecule has 0 aliphatic carbocycles. The first-order valence-electron chi connectivity index (χ1n) is 6.13. The molecule has 2 aromatic carbocycles. The molecule has 92 valence electrons. The number of oxazole rings is 1. The van der Waals surface area contributed by atoms with Crippen LogP contribution in [0, 0.1) is 6.92 Å². The smallest absolute Gasteiger partial charge is 0.308 e. The lowest BCUT2D eigenvalue weighted by atomic mass is 10.3. The first-order valence-corrected chi connectivity index (χ1v) is 6.13. The van der Waals surface area contributed by atoms with E-state index in [-0.39, 0.29) is 0 Å². The average molecular weight is 249 g/mol. The Labute approximate surface area is 109 Å². The van der Waals surface area contributed by atoms with Gasteiger partial charge < -0.3 is 4.42 Å². The van der Waals surface area contributed by atoms with E-state index in [2.05, 4.69) is 9.97 Å². The summed E-state index contributed by atoms with van der Waals surface area (Å²) in [7, 11) is 0. The number of benzene rings is 2. The topological polar surface area (TPSA) is 43.9 Å². The lowest BCUT2D eigenvalue weighted by Gasteiger charge is -1.99. The minimum absolute atomic E-state index is 0.562. The van der Waals surface area contributed by atoms with Crippen LogP contribution in [0.15, 0.2) is 52.9 Å². The minimum atomic E-state index is 0.562. The summed E-state index contributed by atoms with van der Waals surface area (Å²) in [4.78, 5) is 9.05. The second-order valence-corrected chi connectivity index (χ2v) is 4.45.